The Balaban J connectivity index is 1.70. The second-order valence-electron chi connectivity index (χ2n) is 7.05. The molecule has 0 bridgehead atoms. The van der Waals surface area contributed by atoms with E-state index in [-0.39, 0.29) is 23.7 Å². The zero-order valence-electron chi connectivity index (χ0n) is 16.5. The van der Waals surface area contributed by atoms with Gasteiger partial charge in [-0.2, -0.15) is 13.2 Å². The van der Waals surface area contributed by atoms with Crippen molar-refractivity contribution in [2.75, 3.05) is 18.0 Å². The third-order valence-electron chi connectivity index (χ3n) is 4.90. The van der Waals surface area contributed by atoms with Gasteiger partial charge in [-0.15, -0.1) is 0 Å². The third-order valence-corrected chi connectivity index (χ3v) is 4.90. The van der Waals surface area contributed by atoms with Gasteiger partial charge >= 0.3 is 6.18 Å². The minimum atomic E-state index is -4.58. The summed E-state index contributed by atoms with van der Waals surface area (Å²) < 4.78 is 46.5. The molecule has 1 saturated heterocycles. The lowest BCUT2D eigenvalue weighted by Gasteiger charge is -2.37. The molecule has 0 amide bonds. The highest BCUT2D eigenvalue weighted by atomic mass is 19.4. The first-order chi connectivity index (χ1) is 14.8. The minimum Gasteiger partial charge on any atom is -0.404 e. The van der Waals surface area contributed by atoms with Gasteiger partial charge in [-0.25, -0.2) is 19.9 Å². The van der Waals surface area contributed by atoms with Crippen LogP contribution in [0.15, 0.2) is 42.6 Å². The molecule has 2 atom stereocenters. The fourth-order valence-electron chi connectivity index (χ4n) is 3.44. The largest absolute Gasteiger partial charge is 0.434 e. The van der Waals surface area contributed by atoms with E-state index < -0.39 is 11.9 Å². The van der Waals surface area contributed by atoms with E-state index in [1.54, 1.807) is 12.3 Å². The van der Waals surface area contributed by atoms with Crippen LogP contribution in [0.4, 0.5) is 19.0 Å². The van der Waals surface area contributed by atoms with Crippen molar-refractivity contribution >= 4 is 17.7 Å². The highest BCUT2D eigenvalue weighted by molar-refractivity contribution is 5.75. The van der Waals surface area contributed by atoms with Crippen LogP contribution in [0.5, 0.6) is 0 Å². The van der Waals surface area contributed by atoms with Crippen molar-refractivity contribution < 1.29 is 23.3 Å². The molecule has 0 radical (unpaired) electrons. The van der Waals surface area contributed by atoms with Crippen molar-refractivity contribution in [1.82, 2.24) is 24.3 Å². The van der Waals surface area contributed by atoms with E-state index >= 15 is 0 Å². The second-order valence-corrected chi connectivity index (χ2v) is 7.05. The molecule has 3 aromatic rings. The Kier molecular flexibility index (Phi) is 5.31. The van der Waals surface area contributed by atoms with E-state index in [4.69, 9.17) is 15.9 Å². The van der Waals surface area contributed by atoms with Crippen LogP contribution in [-0.4, -0.2) is 55.8 Å². The molecule has 0 aromatic carbocycles. The average Bonchev–Trinajstić information content (AvgIpc) is 3.17. The maximum absolute atomic E-state index is 13.1. The van der Waals surface area contributed by atoms with Crippen LogP contribution in [0, 0.1) is 0 Å². The van der Waals surface area contributed by atoms with Gasteiger partial charge in [0.1, 0.15) is 17.6 Å². The number of hydrogen-bond donors (Lipinski definition) is 2. The van der Waals surface area contributed by atoms with Crippen LogP contribution in [0.25, 0.3) is 17.2 Å². The maximum atomic E-state index is 13.1. The molecule has 2 unspecified atom stereocenters. The van der Waals surface area contributed by atoms with Gasteiger partial charge in [-0.05, 0) is 13.0 Å². The van der Waals surface area contributed by atoms with E-state index in [2.05, 4.69) is 19.9 Å². The predicted molar refractivity (Wildman–Crippen MR) is 106 cm³/mol. The van der Waals surface area contributed by atoms with Crippen molar-refractivity contribution in [1.29, 1.82) is 0 Å². The summed E-state index contributed by atoms with van der Waals surface area (Å²) in [6, 6.07) is 1.72. The highest BCUT2D eigenvalue weighted by Crippen LogP contribution is 2.29. The normalized spacial score (nSPS) is 20.3. The van der Waals surface area contributed by atoms with Crippen LogP contribution >= 0.6 is 0 Å². The summed E-state index contributed by atoms with van der Waals surface area (Å²) in [5.41, 5.74) is 5.84. The van der Waals surface area contributed by atoms with E-state index in [1.165, 1.54) is 23.0 Å². The van der Waals surface area contributed by atoms with Crippen LogP contribution in [0.1, 0.15) is 12.6 Å². The molecule has 0 aliphatic carbocycles. The molecule has 31 heavy (non-hydrogen) atoms. The summed E-state index contributed by atoms with van der Waals surface area (Å²) in [4.78, 5) is 18.3. The number of imidazole rings is 1. The molecule has 4 rings (SSSR count). The molecule has 4 N–H and O–H groups in total. The summed E-state index contributed by atoms with van der Waals surface area (Å²) in [5.74, 6) is 0.832. The van der Waals surface area contributed by atoms with E-state index in [1.807, 2.05) is 11.8 Å². The number of morpholine rings is 1. The van der Waals surface area contributed by atoms with Gasteiger partial charge in [0.25, 0.3) is 0 Å². The van der Waals surface area contributed by atoms with E-state index in [9.17, 15) is 13.2 Å². The number of ether oxygens (including phenoxy) is 1. The van der Waals surface area contributed by atoms with Crippen molar-refractivity contribution in [3.63, 3.8) is 0 Å². The molecular weight excluding hydrogens is 413 g/mol. The van der Waals surface area contributed by atoms with Gasteiger partial charge in [0.05, 0.1) is 30.6 Å². The van der Waals surface area contributed by atoms with Gasteiger partial charge in [-0.3, -0.25) is 9.81 Å². The molecule has 162 valence electrons. The molecule has 4 heterocycles. The SMILES string of the molecule is CC1CN(c2ccnc(-c3cnc4cnc(C(F)(F)F)cn34)n2)CC(/C(C=[NH2+])=C/N)O1. The first-order valence-electron chi connectivity index (χ1n) is 9.41. The molecule has 12 heteroatoms. The summed E-state index contributed by atoms with van der Waals surface area (Å²) >= 11 is 0. The Bertz CT molecular complexity index is 1140. The lowest BCUT2D eigenvalue weighted by Crippen LogP contribution is -2.49. The Morgan fingerprint density at radius 3 is 2.77 bits per heavy atom. The van der Waals surface area contributed by atoms with E-state index in [0.29, 0.717) is 30.2 Å². The summed E-state index contributed by atoms with van der Waals surface area (Å²) in [5, 5.41) is 5.64. The Labute approximate surface area is 174 Å². The van der Waals surface area contributed by atoms with Gasteiger partial charge in [0.15, 0.2) is 23.4 Å². The first kappa shape index (κ1) is 20.7. The van der Waals surface area contributed by atoms with Gasteiger partial charge in [0, 0.05) is 25.1 Å². The third kappa shape index (κ3) is 4.06. The number of hydrogen-bond acceptors (Lipinski definition) is 7. The fourth-order valence-corrected chi connectivity index (χ4v) is 3.44. The number of alkyl halides is 3. The summed E-state index contributed by atoms with van der Waals surface area (Å²) in [6.07, 6.45) is 2.67. The van der Waals surface area contributed by atoms with E-state index in [0.717, 1.165) is 12.4 Å². The van der Waals surface area contributed by atoms with Crippen molar-refractivity contribution in [2.45, 2.75) is 25.3 Å². The predicted octanol–water partition coefficient (Wildman–Crippen LogP) is 0.471. The zero-order valence-corrected chi connectivity index (χ0v) is 16.5. The van der Waals surface area contributed by atoms with Crippen LogP contribution < -0.4 is 16.0 Å². The molecule has 3 aromatic heterocycles. The Morgan fingerprint density at radius 1 is 1.26 bits per heavy atom. The molecule has 0 saturated carbocycles. The molecule has 1 aliphatic heterocycles. The number of anilines is 1. The Morgan fingerprint density at radius 2 is 2.06 bits per heavy atom. The van der Waals surface area contributed by atoms with Crippen molar-refractivity contribution in [2.24, 2.45) is 5.73 Å². The number of nitrogens with zero attached hydrogens (tertiary/aromatic N) is 6. The van der Waals surface area contributed by atoms with Crippen molar-refractivity contribution in [3.8, 4) is 11.5 Å². The molecule has 1 aliphatic rings. The average molecular weight is 433 g/mol. The minimum absolute atomic E-state index is 0.122. The zero-order chi connectivity index (χ0) is 22.2. The number of aromatic nitrogens is 5. The van der Waals surface area contributed by atoms with Gasteiger partial charge in [-0.1, -0.05) is 0 Å². The lowest BCUT2D eigenvalue weighted by molar-refractivity contribution is -0.141. The Hall–Kier alpha value is -3.54. The lowest BCUT2D eigenvalue weighted by atomic mass is 10.1. The summed E-state index contributed by atoms with van der Waals surface area (Å²) in [7, 11) is 0. The molecule has 1 fully saturated rings. The molecular formula is C19H20F3N8O+. The van der Waals surface area contributed by atoms with Crippen LogP contribution in [-0.2, 0) is 10.9 Å². The first-order valence-corrected chi connectivity index (χ1v) is 9.41. The van der Waals surface area contributed by atoms with Crippen LogP contribution in [0.2, 0.25) is 0 Å². The monoisotopic (exact) mass is 433 g/mol. The second kappa shape index (κ2) is 7.95. The smallest absolute Gasteiger partial charge is 0.404 e. The van der Waals surface area contributed by atoms with Crippen LogP contribution in [0.3, 0.4) is 0 Å². The number of rotatable bonds is 4. The number of halogens is 3. The topological polar surface area (TPSA) is 120 Å². The standard InChI is InChI=1S/C19H19F3N8O/c1-11-8-29(9-14(31-11)12(4-23)5-24)16-2-3-25-18(28-16)13-6-27-17-7-26-15(10-30(13)17)19(20,21)22/h2-7,10-11,14,23H,8-9,24H2,1H3/p+1/b12-5+,23-4?. The molecule has 9 nitrogen and oxygen atoms in total. The highest BCUT2D eigenvalue weighted by Gasteiger charge is 2.33. The maximum Gasteiger partial charge on any atom is 0.434 e. The van der Waals surface area contributed by atoms with Gasteiger partial charge in [0.2, 0.25) is 0 Å². The summed E-state index contributed by atoms with van der Waals surface area (Å²) in [6.45, 7) is 2.93. The van der Waals surface area contributed by atoms with Crippen molar-refractivity contribution in [3.05, 3.63) is 48.3 Å². The molecule has 0 spiro atoms. The quantitative estimate of drug-likeness (QED) is 0.574. The number of fused-ring (bicyclic) bond motifs is 1. The number of nitrogens with two attached hydrogens (primary N) is 2. The van der Waals surface area contributed by atoms with Gasteiger partial charge < -0.3 is 15.4 Å². The fraction of sp³-hybridized carbons (Fsp3) is 0.316.